The van der Waals surface area contributed by atoms with E-state index in [9.17, 15) is 14.4 Å². The lowest BCUT2D eigenvalue weighted by molar-refractivity contribution is -0.122. The molecular weight excluding hydrogens is 286 g/mol. The molecule has 0 saturated carbocycles. The van der Waals surface area contributed by atoms with Crippen molar-refractivity contribution < 1.29 is 14.3 Å². The van der Waals surface area contributed by atoms with E-state index in [-0.39, 0.29) is 17.4 Å². The zero-order valence-corrected chi connectivity index (χ0v) is 11.7. The van der Waals surface area contributed by atoms with Gasteiger partial charge in [-0.05, 0) is 31.2 Å². The Morgan fingerprint density at radius 3 is 2.77 bits per heavy atom. The van der Waals surface area contributed by atoms with Gasteiger partial charge in [-0.15, -0.1) is 0 Å². The van der Waals surface area contributed by atoms with Crippen molar-refractivity contribution >= 4 is 23.2 Å². The summed E-state index contributed by atoms with van der Waals surface area (Å²) in [6.07, 6.45) is 0.789. The Kier molecular flexibility index (Phi) is 3.38. The van der Waals surface area contributed by atoms with E-state index in [2.05, 4.69) is 15.6 Å². The van der Waals surface area contributed by atoms with Gasteiger partial charge in [-0.2, -0.15) is 0 Å². The molecule has 3 rings (SSSR count). The Balaban J connectivity index is 1.80. The molecule has 1 aliphatic rings. The van der Waals surface area contributed by atoms with Crippen LogP contribution < -0.4 is 20.9 Å². The summed E-state index contributed by atoms with van der Waals surface area (Å²) in [6.45, 7) is 1.66. The van der Waals surface area contributed by atoms with Crippen molar-refractivity contribution in [2.24, 2.45) is 0 Å². The van der Waals surface area contributed by atoms with Gasteiger partial charge in [-0.3, -0.25) is 14.4 Å². The average Bonchev–Trinajstić information content (AvgIpc) is 2.49. The number of anilines is 2. The number of pyridine rings is 1. The topological polar surface area (TPSA) is 100 Å². The quantitative estimate of drug-likeness (QED) is 0.779. The Morgan fingerprint density at radius 2 is 2.05 bits per heavy atom. The second-order valence-electron chi connectivity index (χ2n) is 4.86. The molecule has 112 valence electrons. The number of carbonyl (C=O) groups excluding carboxylic acids is 2. The highest BCUT2D eigenvalue weighted by Gasteiger charge is 2.23. The van der Waals surface area contributed by atoms with Gasteiger partial charge in [0.2, 0.25) is 5.56 Å². The van der Waals surface area contributed by atoms with Crippen molar-refractivity contribution in [3.05, 3.63) is 52.4 Å². The number of carbonyl (C=O) groups is 2. The lowest BCUT2D eigenvalue weighted by Gasteiger charge is -2.23. The van der Waals surface area contributed by atoms with E-state index in [4.69, 9.17) is 4.74 Å². The van der Waals surface area contributed by atoms with Crippen molar-refractivity contribution in [3.8, 4) is 5.75 Å². The van der Waals surface area contributed by atoms with Crippen LogP contribution in [0.25, 0.3) is 0 Å². The van der Waals surface area contributed by atoms with Crippen molar-refractivity contribution in [1.82, 2.24) is 4.98 Å². The van der Waals surface area contributed by atoms with E-state index in [0.29, 0.717) is 22.7 Å². The number of aromatic amines is 1. The summed E-state index contributed by atoms with van der Waals surface area (Å²) in [5.41, 5.74) is 1.06. The molecule has 2 heterocycles. The van der Waals surface area contributed by atoms with Crippen molar-refractivity contribution in [2.75, 3.05) is 10.6 Å². The van der Waals surface area contributed by atoms with Gasteiger partial charge < -0.3 is 20.4 Å². The SMILES string of the molecule is C[C@H]1Oc2ccc(NC(=O)c3ccc(=O)[nH]c3)cc2NC1=O. The lowest BCUT2D eigenvalue weighted by atomic mass is 10.2. The summed E-state index contributed by atoms with van der Waals surface area (Å²) in [7, 11) is 0. The Morgan fingerprint density at radius 1 is 1.23 bits per heavy atom. The fourth-order valence-corrected chi connectivity index (χ4v) is 2.04. The second kappa shape index (κ2) is 5.36. The summed E-state index contributed by atoms with van der Waals surface area (Å²) < 4.78 is 5.44. The molecule has 7 nitrogen and oxygen atoms in total. The molecule has 7 heteroatoms. The molecule has 0 unspecified atom stereocenters. The van der Waals surface area contributed by atoms with Crippen LogP contribution in [0.1, 0.15) is 17.3 Å². The molecule has 1 atom stereocenters. The van der Waals surface area contributed by atoms with Gasteiger partial charge in [0.25, 0.3) is 11.8 Å². The van der Waals surface area contributed by atoms with E-state index in [1.165, 1.54) is 18.3 Å². The maximum Gasteiger partial charge on any atom is 0.265 e. The minimum Gasteiger partial charge on any atom is -0.479 e. The van der Waals surface area contributed by atoms with E-state index in [0.717, 1.165) is 0 Å². The first-order valence-electron chi connectivity index (χ1n) is 6.64. The monoisotopic (exact) mass is 299 g/mol. The van der Waals surface area contributed by atoms with Gasteiger partial charge in [0.1, 0.15) is 5.75 Å². The van der Waals surface area contributed by atoms with Gasteiger partial charge in [0.15, 0.2) is 6.10 Å². The third-order valence-corrected chi connectivity index (χ3v) is 3.21. The largest absolute Gasteiger partial charge is 0.479 e. The summed E-state index contributed by atoms with van der Waals surface area (Å²) >= 11 is 0. The molecule has 0 aliphatic carbocycles. The van der Waals surface area contributed by atoms with Crippen LogP contribution in [0.5, 0.6) is 5.75 Å². The molecule has 0 spiro atoms. The molecule has 0 radical (unpaired) electrons. The van der Waals surface area contributed by atoms with Crippen LogP contribution in [0.4, 0.5) is 11.4 Å². The van der Waals surface area contributed by atoms with Crippen molar-refractivity contribution in [2.45, 2.75) is 13.0 Å². The van der Waals surface area contributed by atoms with Gasteiger partial charge >= 0.3 is 0 Å². The number of ether oxygens (including phenoxy) is 1. The number of fused-ring (bicyclic) bond motifs is 1. The molecule has 22 heavy (non-hydrogen) atoms. The first-order chi connectivity index (χ1) is 10.5. The summed E-state index contributed by atoms with van der Waals surface area (Å²) in [5, 5.41) is 5.39. The minimum absolute atomic E-state index is 0.239. The van der Waals surface area contributed by atoms with Crippen LogP contribution in [0, 0.1) is 0 Å². The van der Waals surface area contributed by atoms with Crippen LogP contribution in [0.2, 0.25) is 0 Å². The standard InChI is InChI=1S/C15H13N3O4/c1-8-14(20)18-11-6-10(3-4-12(11)22-8)17-15(21)9-2-5-13(19)16-7-9/h2-8H,1H3,(H,16,19)(H,17,21)(H,18,20)/t8-/m1/s1. The van der Waals surface area contributed by atoms with Gasteiger partial charge in [-0.1, -0.05) is 0 Å². The van der Waals surface area contributed by atoms with E-state index >= 15 is 0 Å². The van der Waals surface area contributed by atoms with Crippen LogP contribution in [-0.4, -0.2) is 22.9 Å². The average molecular weight is 299 g/mol. The molecule has 0 bridgehead atoms. The molecule has 0 saturated heterocycles. The highest BCUT2D eigenvalue weighted by molar-refractivity contribution is 6.05. The van der Waals surface area contributed by atoms with Gasteiger partial charge in [0, 0.05) is 18.0 Å². The number of hydrogen-bond acceptors (Lipinski definition) is 4. The Labute approximate surface area is 125 Å². The molecule has 2 aromatic rings. The molecular formula is C15H13N3O4. The van der Waals surface area contributed by atoms with Gasteiger partial charge in [0.05, 0.1) is 11.3 Å². The van der Waals surface area contributed by atoms with E-state index < -0.39 is 6.10 Å². The van der Waals surface area contributed by atoms with Crippen LogP contribution >= 0.6 is 0 Å². The molecule has 1 aliphatic heterocycles. The number of H-pyrrole nitrogens is 1. The molecule has 0 fully saturated rings. The summed E-state index contributed by atoms with van der Waals surface area (Å²) in [6, 6.07) is 7.67. The number of hydrogen-bond donors (Lipinski definition) is 3. The zero-order valence-electron chi connectivity index (χ0n) is 11.7. The first kappa shape index (κ1) is 13.9. The van der Waals surface area contributed by atoms with E-state index in [1.807, 2.05) is 0 Å². The number of nitrogens with one attached hydrogen (secondary N) is 3. The highest BCUT2D eigenvalue weighted by Crippen LogP contribution is 2.32. The number of benzene rings is 1. The predicted octanol–water partition coefficient (Wildman–Crippen LogP) is 1.35. The third kappa shape index (κ3) is 2.69. The number of amides is 2. The van der Waals surface area contributed by atoms with Crippen LogP contribution in [-0.2, 0) is 4.79 Å². The molecule has 1 aromatic carbocycles. The van der Waals surface area contributed by atoms with Gasteiger partial charge in [-0.25, -0.2) is 0 Å². The van der Waals surface area contributed by atoms with E-state index in [1.54, 1.807) is 25.1 Å². The van der Waals surface area contributed by atoms with Crippen molar-refractivity contribution in [1.29, 1.82) is 0 Å². The lowest BCUT2D eigenvalue weighted by Crippen LogP contribution is -2.34. The Bertz CT molecular complexity index is 792. The van der Waals surface area contributed by atoms with Crippen molar-refractivity contribution in [3.63, 3.8) is 0 Å². The molecule has 1 aromatic heterocycles. The zero-order chi connectivity index (χ0) is 15.7. The smallest absolute Gasteiger partial charge is 0.265 e. The molecule has 2 amide bonds. The third-order valence-electron chi connectivity index (χ3n) is 3.21. The summed E-state index contributed by atoms with van der Waals surface area (Å²) in [4.78, 5) is 37.1. The summed E-state index contributed by atoms with van der Waals surface area (Å²) in [5.74, 6) is -0.0571. The highest BCUT2D eigenvalue weighted by atomic mass is 16.5. The fourth-order valence-electron chi connectivity index (χ4n) is 2.04. The first-order valence-corrected chi connectivity index (χ1v) is 6.64. The maximum atomic E-state index is 12.1. The minimum atomic E-state index is -0.547. The van der Waals surface area contributed by atoms with Crippen LogP contribution in [0.3, 0.4) is 0 Å². The number of aromatic nitrogens is 1. The molecule has 3 N–H and O–H groups in total. The predicted molar refractivity (Wildman–Crippen MR) is 80.2 cm³/mol. The fraction of sp³-hybridized carbons (Fsp3) is 0.133. The maximum absolute atomic E-state index is 12.1. The van der Waals surface area contributed by atoms with Crippen LogP contribution in [0.15, 0.2) is 41.3 Å². The second-order valence-corrected chi connectivity index (χ2v) is 4.86. The number of rotatable bonds is 2. The Hall–Kier alpha value is -3.09. The normalized spacial score (nSPS) is 16.2.